The second kappa shape index (κ2) is 8.32. The molecule has 4 heteroatoms. The van der Waals surface area contributed by atoms with Gasteiger partial charge in [-0.25, -0.2) is 0 Å². The number of esters is 1. The summed E-state index contributed by atoms with van der Waals surface area (Å²) in [5, 5.41) is 0. The Morgan fingerprint density at radius 2 is 2.00 bits per heavy atom. The molecule has 0 amide bonds. The molecule has 80 valence electrons. The molecule has 0 saturated heterocycles. The molecular formula is C9H20ClNO2. The van der Waals surface area contributed by atoms with E-state index in [0.29, 0.717) is 18.9 Å². The average molecular weight is 210 g/mol. The van der Waals surface area contributed by atoms with Gasteiger partial charge in [0.2, 0.25) is 0 Å². The second-order valence-corrected chi connectivity index (χ2v) is 3.51. The van der Waals surface area contributed by atoms with Crippen molar-refractivity contribution >= 4 is 18.4 Å². The average Bonchev–Trinajstić information content (AvgIpc) is 2.02. The van der Waals surface area contributed by atoms with Crippen LogP contribution in [0.3, 0.4) is 0 Å². The molecule has 2 N–H and O–H groups in total. The lowest BCUT2D eigenvalue weighted by molar-refractivity contribution is -0.141. The minimum absolute atomic E-state index is 0. The Balaban J connectivity index is 0. The number of ether oxygens (including phenoxy) is 1. The highest BCUT2D eigenvalue weighted by atomic mass is 35.5. The summed E-state index contributed by atoms with van der Waals surface area (Å²) in [6, 6.07) is 0. The third kappa shape index (κ3) is 8.06. The summed E-state index contributed by atoms with van der Waals surface area (Å²) in [5.41, 5.74) is 5.52. The monoisotopic (exact) mass is 209 g/mol. The van der Waals surface area contributed by atoms with Crippen LogP contribution in [-0.4, -0.2) is 19.6 Å². The first-order chi connectivity index (χ1) is 5.60. The Bertz CT molecular complexity index is 140. The van der Waals surface area contributed by atoms with E-state index in [0.717, 1.165) is 6.42 Å². The Morgan fingerprint density at radius 1 is 1.46 bits per heavy atom. The summed E-state index contributed by atoms with van der Waals surface area (Å²) in [6.07, 6.45) is 1.44. The normalized spacial score (nSPS) is 12.1. The van der Waals surface area contributed by atoms with E-state index in [1.165, 1.54) is 7.11 Å². The zero-order chi connectivity index (χ0) is 9.56. The van der Waals surface area contributed by atoms with Crippen molar-refractivity contribution < 1.29 is 9.53 Å². The Labute approximate surface area is 86.4 Å². The van der Waals surface area contributed by atoms with Crippen LogP contribution in [0.25, 0.3) is 0 Å². The summed E-state index contributed by atoms with van der Waals surface area (Å²) in [5.74, 6) is 0.701. The molecule has 0 unspecified atom stereocenters. The molecule has 0 aromatic heterocycles. The minimum Gasteiger partial charge on any atom is -0.469 e. The number of carbonyl (C=O) groups is 1. The Morgan fingerprint density at radius 3 is 2.31 bits per heavy atom. The maximum Gasteiger partial charge on any atom is 0.305 e. The molecule has 0 aromatic carbocycles. The molecule has 0 aliphatic carbocycles. The van der Waals surface area contributed by atoms with Gasteiger partial charge in [0.1, 0.15) is 0 Å². The van der Waals surface area contributed by atoms with Crippen molar-refractivity contribution in [1.29, 1.82) is 0 Å². The van der Waals surface area contributed by atoms with Crippen LogP contribution in [0.5, 0.6) is 0 Å². The van der Waals surface area contributed by atoms with Gasteiger partial charge in [0, 0.05) is 6.42 Å². The molecule has 0 aromatic rings. The van der Waals surface area contributed by atoms with Crippen LogP contribution in [0.15, 0.2) is 0 Å². The largest absolute Gasteiger partial charge is 0.469 e. The van der Waals surface area contributed by atoms with Gasteiger partial charge in [0.25, 0.3) is 0 Å². The zero-order valence-corrected chi connectivity index (χ0v) is 9.39. The van der Waals surface area contributed by atoms with Crippen molar-refractivity contribution in [2.75, 3.05) is 13.7 Å². The number of methoxy groups -OCH3 is 1. The van der Waals surface area contributed by atoms with Gasteiger partial charge in [-0.15, -0.1) is 12.4 Å². The van der Waals surface area contributed by atoms with Crippen molar-refractivity contribution in [3.63, 3.8) is 0 Å². The fraction of sp³-hybridized carbons (Fsp3) is 0.889. The van der Waals surface area contributed by atoms with Crippen LogP contribution >= 0.6 is 12.4 Å². The number of hydrogen-bond donors (Lipinski definition) is 1. The maximum absolute atomic E-state index is 10.9. The highest BCUT2D eigenvalue weighted by Gasteiger charge is 2.13. The van der Waals surface area contributed by atoms with Crippen molar-refractivity contribution in [1.82, 2.24) is 0 Å². The number of rotatable bonds is 5. The van der Waals surface area contributed by atoms with E-state index < -0.39 is 0 Å². The van der Waals surface area contributed by atoms with Gasteiger partial charge in [-0.05, 0) is 24.8 Å². The summed E-state index contributed by atoms with van der Waals surface area (Å²) in [7, 11) is 1.41. The molecule has 0 heterocycles. The quantitative estimate of drug-likeness (QED) is 0.700. The highest BCUT2D eigenvalue weighted by molar-refractivity contribution is 5.85. The van der Waals surface area contributed by atoms with E-state index >= 15 is 0 Å². The van der Waals surface area contributed by atoms with Crippen LogP contribution in [-0.2, 0) is 9.53 Å². The van der Waals surface area contributed by atoms with Crippen LogP contribution in [0.4, 0.5) is 0 Å². The summed E-state index contributed by atoms with van der Waals surface area (Å²) in [4.78, 5) is 10.9. The fourth-order valence-corrected chi connectivity index (χ4v) is 1.25. The molecule has 0 spiro atoms. The van der Waals surface area contributed by atoms with Crippen molar-refractivity contribution in [2.24, 2.45) is 17.6 Å². The van der Waals surface area contributed by atoms with Gasteiger partial charge in [-0.3, -0.25) is 4.79 Å². The van der Waals surface area contributed by atoms with Crippen LogP contribution in [0.2, 0.25) is 0 Å². The first kappa shape index (κ1) is 15.2. The first-order valence-electron chi connectivity index (χ1n) is 4.37. The van der Waals surface area contributed by atoms with Gasteiger partial charge < -0.3 is 10.5 Å². The van der Waals surface area contributed by atoms with Gasteiger partial charge in [-0.2, -0.15) is 0 Å². The second-order valence-electron chi connectivity index (χ2n) is 3.51. The smallest absolute Gasteiger partial charge is 0.305 e. The lowest BCUT2D eigenvalue weighted by Gasteiger charge is -2.15. The molecule has 13 heavy (non-hydrogen) atoms. The molecule has 3 nitrogen and oxygen atoms in total. The van der Waals surface area contributed by atoms with Crippen molar-refractivity contribution in [3.05, 3.63) is 0 Å². The van der Waals surface area contributed by atoms with Gasteiger partial charge in [0.15, 0.2) is 0 Å². The Hall–Kier alpha value is -0.280. The van der Waals surface area contributed by atoms with E-state index in [-0.39, 0.29) is 24.3 Å². The van der Waals surface area contributed by atoms with Crippen molar-refractivity contribution in [3.8, 4) is 0 Å². The third-order valence-electron chi connectivity index (χ3n) is 1.82. The van der Waals surface area contributed by atoms with Crippen LogP contribution in [0, 0.1) is 11.8 Å². The van der Waals surface area contributed by atoms with E-state index in [1.54, 1.807) is 0 Å². The number of halogens is 1. The molecule has 0 bridgehead atoms. The lowest BCUT2D eigenvalue weighted by atomic mass is 9.94. The van der Waals surface area contributed by atoms with Crippen LogP contribution < -0.4 is 5.73 Å². The molecule has 0 rings (SSSR count). The fourth-order valence-electron chi connectivity index (χ4n) is 1.25. The molecule has 0 fully saturated rings. The summed E-state index contributed by atoms with van der Waals surface area (Å²) < 4.78 is 4.57. The summed E-state index contributed by atoms with van der Waals surface area (Å²) >= 11 is 0. The molecule has 0 aliphatic heterocycles. The highest BCUT2D eigenvalue weighted by Crippen LogP contribution is 2.14. The van der Waals surface area contributed by atoms with Gasteiger partial charge >= 0.3 is 5.97 Å². The van der Waals surface area contributed by atoms with E-state index in [9.17, 15) is 4.79 Å². The van der Waals surface area contributed by atoms with Gasteiger partial charge in [-0.1, -0.05) is 13.8 Å². The number of nitrogens with two attached hydrogens (primary N) is 1. The standard InChI is InChI=1S/C9H19NO2.ClH/c1-7(2)4-8(6-10)5-9(11)12-3;/h7-8H,4-6,10H2,1-3H3;1H/t8-;/m1./s1. The number of hydrogen-bond acceptors (Lipinski definition) is 3. The maximum atomic E-state index is 10.9. The minimum atomic E-state index is -0.161. The number of carbonyl (C=O) groups excluding carboxylic acids is 1. The topological polar surface area (TPSA) is 52.3 Å². The van der Waals surface area contributed by atoms with E-state index in [1.807, 2.05) is 0 Å². The van der Waals surface area contributed by atoms with Crippen LogP contribution in [0.1, 0.15) is 26.7 Å². The van der Waals surface area contributed by atoms with Crippen molar-refractivity contribution in [2.45, 2.75) is 26.7 Å². The molecule has 0 aliphatic rings. The van der Waals surface area contributed by atoms with E-state index in [2.05, 4.69) is 18.6 Å². The molecule has 0 saturated carbocycles. The first-order valence-corrected chi connectivity index (χ1v) is 4.37. The lowest BCUT2D eigenvalue weighted by Crippen LogP contribution is -2.20. The van der Waals surface area contributed by atoms with E-state index in [4.69, 9.17) is 5.73 Å². The Kier molecular flexibility index (Phi) is 9.74. The predicted molar refractivity (Wildman–Crippen MR) is 55.9 cm³/mol. The molecule has 0 radical (unpaired) electrons. The van der Waals surface area contributed by atoms with Gasteiger partial charge in [0.05, 0.1) is 7.11 Å². The SMILES string of the molecule is COC(=O)C[C@H](CN)CC(C)C.Cl. The summed E-state index contributed by atoms with van der Waals surface area (Å²) in [6.45, 7) is 4.81. The molecular weight excluding hydrogens is 190 g/mol. The predicted octanol–water partition coefficient (Wildman–Crippen LogP) is 1.59. The zero-order valence-electron chi connectivity index (χ0n) is 8.58. The third-order valence-corrected chi connectivity index (χ3v) is 1.82. The molecule has 1 atom stereocenters.